The molecule has 0 bridgehead atoms. The van der Waals surface area contributed by atoms with Crippen LogP contribution in [0.5, 0.6) is 11.8 Å². The molecular formula is C21H21N3O4. The number of fused-ring (bicyclic) bond motifs is 2. The minimum absolute atomic E-state index is 0.0258. The number of rotatable bonds is 5. The molecule has 0 amide bonds. The van der Waals surface area contributed by atoms with Gasteiger partial charge in [0.05, 0.1) is 26.2 Å². The average Bonchev–Trinajstić information content (AvgIpc) is 2.97. The SMILES string of the molecule is COc1ccc2c(c1)C(CC(=O)O)C(C)N2c1nc(OC)nc2ccccc12. The fraction of sp³-hybridized carbons (Fsp3) is 0.286. The van der Waals surface area contributed by atoms with E-state index in [1.54, 1.807) is 7.11 Å². The maximum Gasteiger partial charge on any atom is 0.318 e. The van der Waals surface area contributed by atoms with Crippen molar-refractivity contribution in [3.63, 3.8) is 0 Å². The normalized spacial score (nSPS) is 18.2. The number of para-hydroxylation sites is 1. The van der Waals surface area contributed by atoms with E-state index in [0.29, 0.717) is 11.6 Å². The first-order valence-electron chi connectivity index (χ1n) is 9.03. The molecule has 0 spiro atoms. The third kappa shape index (κ3) is 2.89. The van der Waals surface area contributed by atoms with E-state index in [9.17, 15) is 9.90 Å². The second-order valence-corrected chi connectivity index (χ2v) is 6.79. The monoisotopic (exact) mass is 379 g/mol. The Morgan fingerprint density at radius 2 is 1.93 bits per heavy atom. The number of hydrogen-bond acceptors (Lipinski definition) is 6. The van der Waals surface area contributed by atoms with E-state index in [1.165, 1.54) is 7.11 Å². The summed E-state index contributed by atoms with van der Waals surface area (Å²) >= 11 is 0. The molecular weight excluding hydrogens is 358 g/mol. The molecule has 0 saturated heterocycles. The third-order valence-electron chi connectivity index (χ3n) is 5.25. The lowest BCUT2D eigenvalue weighted by molar-refractivity contribution is -0.137. The van der Waals surface area contributed by atoms with Crippen LogP contribution in [0.25, 0.3) is 10.9 Å². The quantitative estimate of drug-likeness (QED) is 0.723. The Morgan fingerprint density at radius 1 is 1.14 bits per heavy atom. The molecule has 2 heterocycles. The Hall–Kier alpha value is -3.35. The minimum Gasteiger partial charge on any atom is -0.497 e. The molecule has 1 aliphatic heterocycles. The molecule has 0 radical (unpaired) electrons. The summed E-state index contributed by atoms with van der Waals surface area (Å²) in [6.07, 6.45) is 0.0258. The van der Waals surface area contributed by atoms with Crippen LogP contribution in [0.2, 0.25) is 0 Å². The van der Waals surface area contributed by atoms with E-state index < -0.39 is 5.97 Å². The highest BCUT2D eigenvalue weighted by molar-refractivity contribution is 5.93. The molecule has 1 N–H and O–H groups in total. The molecule has 0 aliphatic carbocycles. The highest BCUT2D eigenvalue weighted by Crippen LogP contribution is 2.48. The molecule has 7 heteroatoms. The van der Waals surface area contributed by atoms with Gasteiger partial charge < -0.3 is 19.5 Å². The summed E-state index contributed by atoms with van der Waals surface area (Å²) in [5, 5.41) is 10.3. The van der Waals surface area contributed by atoms with Crippen LogP contribution >= 0.6 is 0 Å². The first-order chi connectivity index (χ1) is 13.5. The molecule has 1 aromatic heterocycles. The highest BCUT2D eigenvalue weighted by Gasteiger charge is 2.39. The highest BCUT2D eigenvalue weighted by atomic mass is 16.5. The summed E-state index contributed by atoms with van der Waals surface area (Å²) in [4.78, 5) is 22.7. The van der Waals surface area contributed by atoms with E-state index in [2.05, 4.69) is 14.9 Å². The van der Waals surface area contributed by atoms with Gasteiger partial charge in [-0.05, 0) is 42.8 Å². The number of carbonyl (C=O) groups is 1. The van der Waals surface area contributed by atoms with Gasteiger partial charge in [0, 0.05) is 23.0 Å². The standard InChI is InChI=1S/C21H21N3O4/c1-12-15(11-19(25)26)16-10-13(27-2)8-9-18(16)24(12)20-14-6-4-5-7-17(14)22-21(23-20)28-3/h4-10,12,15H,11H2,1-3H3,(H,25,26). The van der Waals surface area contributed by atoms with Crippen molar-refractivity contribution >= 4 is 28.4 Å². The zero-order valence-electron chi connectivity index (χ0n) is 15.9. The van der Waals surface area contributed by atoms with Crippen LogP contribution in [0.15, 0.2) is 42.5 Å². The number of carboxylic acids is 1. The van der Waals surface area contributed by atoms with E-state index in [-0.39, 0.29) is 24.4 Å². The van der Waals surface area contributed by atoms with Gasteiger partial charge >= 0.3 is 12.0 Å². The van der Waals surface area contributed by atoms with Crippen molar-refractivity contribution in [2.75, 3.05) is 19.1 Å². The van der Waals surface area contributed by atoms with Crippen LogP contribution in [0.3, 0.4) is 0 Å². The number of benzene rings is 2. The van der Waals surface area contributed by atoms with Crippen LogP contribution in [-0.4, -0.2) is 41.3 Å². The van der Waals surface area contributed by atoms with Crippen molar-refractivity contribution in [2.24, 2.45) is 0 Å². The molecule has 2 unspecified atom stereocenters. The Bertz CT molecular complexity index is 1050. The lowest BCUT2D eigenvalue weighted by atomic mass is 9.92. The zero-order chi connectivity index (χ0) is 19.8. The van der Waals surface area contributed by atoms with Gasteiger partial charge in [-0.2, -0.15) is 9.97 Å². The Labute approximate surface area is 162 Å². The van der Waals surface area contributed by atoms with Gasteiger partial charge in [0.25, 0.3) is 0 Å². The van der Waals surface area contributed by atoms with Crippen LogP contribution in [0.4, 0.5) is 11.5 Å². The van der Waals surface area contributed by atoms with E-state index >= 15 is 0 Å². The summed E-state index contributed by atoms with van der Waals surface area (Å²) in [6, 6.07) is 13.6. The minimum atomic E-state index is -0.836. The van der Waals surface area contributed by atoms with Crippen molar-refractivity contribution in [1.82, 2.24) is 9.97 Å². The summed E-state index contributed by atoms with van der Waals surface area (Å²) in [7, 11) is 3.14. The van der Waals surface area contributed by atoms with Crippen molar-refractivity contribution in [1.29, 1.82) is 0 Å². The van der Waals surface area contributed by atoms with Crippen LogP contribution < -0.4 is 14.4 Å². The van der Waals surface area contributed by atoms with E-state index in [0.717, 1.165) is 22.2 Å². The number of nitrogens with zero attached hydrogens (tertiary/aromatic N) is 3. The topological polar surface area (TPSA) is 84.8 Å². The van der Waals surface area contributed by atoms with Gasteiger partial charge in [0.1, 0.15) is 11.6 Å². The molecule has 0 fully saturated rings. The molecule has 7 nitrogen and oxygen atoms in total. The Balaban J connectivity index is 1.94. The van der Waals surface area contributed by atoms with E-state index in [4.69, 9.17) is 9.47 Å². The third-order valence-corrected chi connectivity index (χ3v) is 5.25. The molecule has 4 rings (SSSR count). The number of methoxy groups -OCH3 is 2. The Kier molecular flexibility index (Phi) is 4.50. The second kappa shape index (κ2) is 6.99. The smallest absolute Gasteiger partial charge is 0.318 e. The van der Waals surface area contributed by atoms with Gasteiger partial charge in [-0.1, -0.05) is 12.1 Å². The molecule has 0 saturated carbocycles. The maximum atomic E-state index is 11.5. The predicted octanol–water partition coefficient (Wildman–Crippen LogP) is 3.75. The van der Waals surface area contributed by atoms with Crippen LogP contribution in [0.1, 0.15) is 24.8 Å². The summed E-state index contributed by atoms with van der Waals surface area (Å²) in [5.74, 6) is 0.377. The zero-order valence-corrected chi connectivity index (χ0v) is 15.9. The molecule has 3 aromatic rings. The maximum absolute atomic E-state index is 11.5. The van der Waals surface area contributed by atoms with E-state index in [1.807, 2.05) is 49.4 Å². The van der Waals surface area contributed by atoms with Gasteiger partial charge in [0.2, 0.25) is 0 Å². The average molecular weight is 379 g/mol. The van der Waals surface area contributed by atoms with Crippen molar-refractivity contribution < 1.29 is 19.4 Å². The summed E-state index contributed by atoms with van der Waals surface area (Å²) < 4.78 is 10.7. The lowest BCUT2D eigenvalue weighted by Crippen LogP contribution is -2.29. The van der Waals surface area contributed by atoms with Gasteiger partial charge in [-0.15, -0.1) is 0 Å². The molecule has 2 atom stereocenters. The fourth-order valence-electron chi connectivity index (χ4n) is 3.92. The van der Waals surface area contributed by atoms with Gasteiger partial charge in [0.15, 0.2) is 0 Å². The number of aliphatic carboxylic acids is 1. The number of anilines is 2. The van der Waals surface area contributed by atoms with Crippen LogP contribution in [-0.2, 0) is 4.79 Å². The first kappa shape index (κ1) is 18.0. The van der Waals surface area contributed by atoms with Crippen molar-refractivity contribution in [2.45, 2.75) is 25.3 Å². The summed E-state index contributed by atoms with van der Waals surface area (Å²) in [6.45, 7) is 2.02. The van der Waals surface area contributed by atoms with Crippen molar-refractivity contribution in [3.8, 4) is 11.8 Å². The van der Waals surface area contributed by atoms with Crippen molar-refractivity contribution in [3.05, 3.63) is 48.0 Å². The Morgan fingerprint density at radius 3 is 2.64 bits per heavy atom. The van der Waals surface area contributed by atoms with Gasteiger partial charge in [-0.25, -0.2) is 0 Å². The molecule has 1 aliphatic rings. The first-order valence-corrected chi connectivity index (χ1v) is 9.03. The lowest BCUT2D eigenvalue weighted by Gasteiger charge is -2.27. The number of aromatic nitrogens is 2. The largest absolute Gasteiger partial charge is 0.497 e. The van der Waals surface area contributed by atoms with Crippen LogP contribution in [0, 0.1) is 0 Å². The molecule has 28 heavy (non-hydrogen) atoms. The number of carboxylic acid groups (broad SMARTS) is 1. The summed E-state index contributed by atoms with van der Waals surface area (Å²) in [5.41, 5.74) is 2.63. The second-order valence-electron chi connectivity index (χ2n) is 6.79. The molecule has 2 aromatic carbocycles. The fourth-order valence-corrected chi connectivity index (χ4v) is 3.92. The number of ether oxygens (including phenoxy) is 2. The van der Waals surface area contributed by atoms with Gasteiger partial charge in [-0.3, -0.25) is 4.79 Å². The predicted molar refractivity (Wildman–Crippen MR) is 106 cm³/mol. The molecule has 144 valence electrons. The number of hydrogen-bond donors (Lipinski definition) is 1.